The molecule has 1 aliphatic heterocycles. The van der Waals surface area contributed by atoms with Gasteiger partial charge in [-0.2, -0.15) is 0 Å². The highest BCUT2D eigenvalue weighted by Crippen LogP contribution is 2.20. The van der Waals surface area contributed by atoms with E-state index in [4.69, 9.17) is 9.47 Å². The van der Waals surface area contributed by atoms with Gasteiger partial charge < -0.3 is 14.4 Å². The van der Waals surface area contributed by atoms with Crippen LogP contribution in [0.4, 0.5) is 4.79 Å². The topological polar surface area (TPSA) is 42.0 Å². The molecule has 2 rings (SSSR count). The molecule has 1 unspecified atom stereocenters. The van der Waals surface area contributed by atoms with Gasteiger partial charge in [-0.25, -0.2) is 4.79 Å². The number of amides is 1. The zero-order chi connectivity index (χ0) is 18.4. The number of nitrogens with zero attached hydrogens (tertiary/aromatic N) is 2. The first kappa shape index (κ1) is 20.3. The Bertz CT molecular complexity index is 574. The smallest absolute Gasteiger partial charge is 0.410 e. The highest BCUT2D eigenvalue weighted by molar-refractivity contribution is 14.1. The second-order valence-electron chi connectivity index (χ2n) is 7.44. The summed E-state index contributed by atoms with van der Waals surface area (Å²) < 4.78 is 12.5. The molecule has 1 aromatic rings. The number of carbonyl (C=O) groups excluding carboxylic acids is 1. The number of piperazine rings is 1. The molecule has 1 heterocycles. The van der Waals surface area contributed by atoms with Crippen LogP contribution in [0.3, 0.4) is 0 Å². The van der Waals surface area contributed by atoms with E-state index in [1.165, 1.54) is 0 Å². The quantitative estimate of drug-likeness (QED) is 0.492. The molecule has 0 radical (unpaired) electrons. The molecular weight excluding hydrogens is 431 g/mol. The van der Waals surface area contributed by atoms with Crippen LogP contribution in [-0.4, -0.2) is 60.3 Å². The van der Waals surface area contributed by atoms with Gasteiger partial charge in [-0.1, -0.05) is 12.1 Å². The van der Waals surface area contributed by atoms with E-state index in [1.807, 2.05) is 49.9 Å². The Morgan fingerprint density at radius 1 is 1.28 bits per heavy atom. The van der Waals surface area contributed by atoms with Crippen LogP contribution in [0.2, 0.25) is 0 Å². The number of rotatable bonds is 5. The number of ether oxygens (including phenoxy) is 2. The van der Waals surface area contributed by atoms with E-state index in [0.717, 1.165) is 35.4 Å². The van der Waals surface area contributed by atoms with Crippen LogP contribution < -0.4 is 4.74 Å². The largest absolute Gasteiger partial charge is 0.492 e. The third kappa shape index (κ3) is 6.66. The van der Waals surface area contributed by atoms with Gasteiger partial charge in [0.2, 0.25) is 0 Å². The molecule has 140 valence electrons. The first-order valence-corrected chi connectivity index (χ1v) is 9.93. The van der Waals surface area contributed by atoms with E-state index in [-0.39, 0.29) is 6.09 Å². The zero-order valence-corrected chi connectivity index (χ0v) is 17.8. The first-order valence-electron chi connectivity index (χ1n) is 8.85. The minimum Gasteiger partial charge on any atom is -0.492 e. The van der Waals surface area contributed by atoms with E-state index in [9.17, 15) is 4.79 Å². The van der Waals surface area contributed by atoms with Gasteiger partial charge in [0.1, 0.15) is 11.4 Å². The number of benzene rings is 1. The lowest BCUT2D eigenvalue weighted by molar-refractivity contribution is 0.00524. The van der Waals surface area contributed by atoms with Gasteiger partial charge in [-0.3, -0.25) is 4.90 Å². The monoisotopic (exact) mass is 460 g/mol. The molecule has 25 heavy (non-hydrogen) atoms. The molecule has 5 nitrogen and oxygen atoms in total. The molecule has 0 bridgehead atoms. The Morgan fingerprint density at radius 3 is 2.64 bits per heavy atom. The number of hydrogen-bond acceptors (Lipinski definition) is 4. The zero-order valence-electron chi connectivity index (χ0n) is 15.6. The van der Waals surface area contributed by atoms with Crippen molar-refractivity contribution in [2.24, 2.45) is 0 Å². The van der Waals surface area contributed by atoms with E-state index in [2.05, 4.69) is 34.4 Å². The van der Waals surface area contributed by atoms with Gasteiger partial charge in [0.15, 0.2) is 0 Å². The van der Waals surface area contributed by atoms with Crippen LogP contribution in [0.5, 0.6) is 5.75 Å². The molecule has 0 aromatic heterocycles. The average molecular weight is 460 g/mol. The normalized spacial score (nSPS) is 18.9. The van der Waals surface area contributed by atoms with Crippen molar-refractivity contribution in [1.82, 2.24) is 9.80 Å². The summed E-state index contributed by atoms with van der Waals surface area (Å²) in [5.74, 6) is 0.950. The fraction of sp³-hybridized carbons (Fsp3) is 0.632. The van der Waals surface area contributed by atoms with E-state index in [0.29, 0.717) is 19.2 Å². The van der Waals surface area contributed by atoms with E-state index >= 15 is 0 Å². The van der Waals surface area contributed by atoms with E-state index in [1.54, 1.807) is 0 Å². The Labute approximate surface area is 164 Å². The molecule has 0 saturated carbocycles. The lowest BCUT2D eigenvalue weighted by Gasteiger charge is -2.40. The van der Waals surface area contributed by atoms with Crippen molar-refractivity contribution in [3.63, 3.8) is 0 Å². The van der Waals surface area contributed by atoms with Gasteiger partial charge in [-0.15, -0.1) is 0 Å². The van der Waals surface area contributed by atoms with Gasteiger partial charge >= 0.3 is 6.09 Å². The summed E-state index contributed by atoms with van der Waals surface area (Å²) in [7, 11) is 0. The van der Waals surface area contributed by atoms with Crippen molar-refractivity contribution in [3.8, 4) is 5.75 Å². The molecule has 1 fully saturated rings. The van der Waals surface area contributed by atoms with Crippen molar-refractivity contribution in [3.05, 3.63) is 27.8 Å². The van der Waals surface area contributed by atoms with Gasteiger partial charge in [-0.05, 0) is 68.8 Å². The summed E-state index contributed by atoms with van der Waals surface area (Å²) in [6.07, 6.45) is 0.767. The SMILES string of the molecule is CC1CN(C(=O)OC(C)(C)C)CCN1CCCOc1ccccc1I. The lowest BCUT2D eigenvalue weighted by Crippen LogP contribution is -2.54. The second-order valence-corrected chi connectivity index (χ2v) is 8.61. The van der Waals surface area contributed by atoms with Gasteiger partial charge in [0.25, 0.3) is 0 Å². The van der Waals surface area contributed by atoms with Crippen molar-refractivity contribution < 1.29 is 14.3 Å². The van der Waals surface area contributed by atoms with Gasteiger partial charge in [0.05, 0.1) is 10.2 Å². The summed E-state index contributed by atoms with van der Waals surface area (Å²) in [5.41, 5.74) is -0.441. The number of hydrogen-bond donors (Lipinski definition) is 0. The molecule has 0 spiro atoms. The summed E-state index contributed by atoms with van der Waals surface area (Å²) in [6, 6.07) is 8.39. The Kier molecular flexibility index (Phi) is 7.37. The predicted octanol–water partition coefficient (Wildman–Crippen LogP) is 4.00. The predicted molar refractivity (Wildman–Crippen MR) is 108 cm³/mol. The standard InChI is InChI=1S/C19H29IN2O3/c1-15-14-22(18(23)25-19(2,3)4)12-11-21(15)10-7-13-24-17-9-6-5-8-16(17)20/h5-6,8-9,15H,7,10-14H2,1-4H3. The van der Waals surface area contributed by atoms with Crippen molar-refractivity contribution >= 4 is 28.7 Å². The summed E-state index contributed by atoms with van der Waals surface area (Å²) >= 11 is 2.29. The molecule has 1 aliphatic rings. The minimum atomic E-state index is -0.441. The van der Waals surface area contributed by atoms with Crippen LogP contribution >= 0.6 is 22.6 Å². The van der Waals surface area contributed by atoms with Crippen LogP contribution in [-0.2, 0) is 4.74 Å². The van der Waals surface area contributed by atoms with Crippen LogP contribution in [0.15, 0.2) is 24.3 Å². The molecule has 1 saturated heterocycles. The van der Waals surface area contributed by atoms with Crippen LogP contribution in [0, 0.1) is 3.57 Å². The molecular formula is C19H29IN2O3. The maximum Gasteiger partial charge on any atom is 0.410 e. The molecule has 1 aromatic carbocycles. The maximum absolute atomic E-state index is 12.2. The van der Waals surface area contributed by atoms with Crippen molar-refractivity contribution in [1.29, 1.82) is 0 Å². The molecule has 6 heteroatoms. The average Bonchev–Trinajstić information content (AvgIpc) is 2.52. The number of carbonyl (C=O) groups is 1. The molecule has 1 atom stereocenters. The van der Waals surface area contributed by atoms with Crippen LogP contribution in [0.1, 0.15) is 34.1 Å². The fourth-order valence-corrected chi connectivity index (χ4v) is 3.37. The van der Waals surface area contributed by atoms with E-state index < -0.39 is 5.60 Å². The highest BCUT2D eigenvalue weighted by Gasteiger charge is 2.29. The molecule has 0 N–H and O–H groups in total. The first-order chi connectivity index (χ1) is 11.8. The Hall–Kier alpha value is -1.02. The molecule has 1 amide bonds. The number of halogens is 1. The maximum atomic E-state index is 12.2. The Morgan fingerprint density at radius 2 is 2.00 bits per heavy atom. The van der Waals surface area contributed by atoms with Crippen molar-refractivity contribution in [2.75, 3.05) is 32.8 Å². The van der Waals surface area contributed by atoms with Gasteiger partial charge in [0, 0.05) is 32.2 Å². The molecule has 0 aliphatic carbocycles. The van der Waals surface area contributed by atoms with Crippen molar-refractivity contribution in [2.45, 2.75) is 45.8 Å². The number of para-hydroxylation sites is 1. The highest BCUT2D eigenvalue weighted by atomic mass is 127. The fourth-order valence-electron chi connectivity index (χ4n) is 2.83. The summed E-state index contributed by atoms with van der Waals surface area (Å²) in [4.78, 5) is 16.4. The van der Waals surface area contributed by atoms with Crippen LogP contribution in [0.25, 0.3) is 0 Å². The summed E-state index contributed by atoms with van der Waals surface area (Å²) in [6.45, 7) is 11.9. The summed E-state index contributed by atoms with van der Waals surface area (Å²) in [5, 5.41) is 0. The second kappa shape index (κ2) is 9.07. The minimum absolute atomic E-state index is 0.207. The Balaban J connectivity index is 1.71. The third-order valence-electron chi connectivity index (χ3n) is 4.10. The third-order valence-corrected chi connectivity index (χ3v) is 4.99. The lowest BCUT2D eigenvalue weighted by atomic mass is 10.2.